The molecule has 1 aromatic heterocycles. The van der Waals surface area contributed by atoms with Crippen LogP contribution in [0, 0.1) is 0 Å². The molecule has 2 aromatic rings. The summed E-state index contributed by atoms with van der Waals surface area (Å²) in [5, 5.41) is 19.7. The molecule has 0 saturated heterocycles. The number of aromatic nitrogens is 2. The normalized spacial score (nSPS) is 11.3. The molecule has 0 aliphatic carbocycles. The Balaban J connectivity index is 2.44. The van der Waals surface area contributed by atoms with Gasteiger partial charge < -0.3 is 5.21 Å². The maximum Gasteiger partial charge on any atom is 0.118 e. The number of benzene rings is 1. The minimum Gasteiger partial charge on any atom is -0.410 e. The van der Waals surface area contributed by atoms with Gasteiger partial charge in [-0.3, -0.25) is 0 Å². The van der Waals surface area contributed by atoms with E-state index >= 15 is 0 Å². The van der Waals surface area contributed by atoms with Crippen LogP contribution >= 0.6 is 0 Å². The van der Waals surface area contributed by atoms with Crippen molar-refractivity contribution in [2.45, 2.75) is 0 Å². The molecular weight excluding hydrogens is 190 g/mol. The van der Waals surface area contributed by atoms with E-state index < -0.39 is 0 Å². The van der Waals surface area contributed by atoms with Crippen LogP contribution in [0.3, 0.4) is 0 Å². The van der Waals surface area contributed by atoms with Crippen molar-refractivity contribution in [3.05, 3.63) is 59.9 Å². The molecular formula is C11H9N3O. The largest absolute Gasteiger partial charge is 0.410 e. The first kappa shape index (κ1) is 9.33. The van der Waals surface area contributed by atoms with Gasteiger partial charge in [0.05, 0.1) is 12.4 Å². The molecule has 0 bridgehead atoms. The molecule has 74 valence electrons. The lowest BCUT2D eigenvalue weighted by Gasteiger charge is -2.02. The highest BCUT2D eigenvalue weighted by Gasteiger charge is 2.06. The van der Waals surface area contributed by atoms with Gasteiger partial charge in [0.1, 0.15) is 5.71 Å². The van der Waals surface area contributed by atoms with Crippen molar-refractivity contribution in [3.8, 4) is 0 Å². The Kier molecular flexibility index (Phi) is 2.69. The first-order valence-electron chi connectivity index (χ1n) is 4.46. The van der Waals surface area contributed by atoms with E-state index in [1.165, 1.54) is 0 Å². The summed E-state index contributed by atoms with van der Waals surface area (Å²) in [6, 6.07) is 11.2. The average molecular weight is 199 g/mol. The fraction of sp³-hybridized carbons (Fsp3) is 0. The van der Waals surface area contributed by atoms with Gasteiger partial charge in [-0.2, -0.15) is 10.2 Å². The SMILES string of the molecule is ON=C(c1ccccc1)c1ccnnc1. The summed E-state index contributed by atoms with van der Waals surface area (Å²) in [5.41, 5.74) is 2.07. The zero-order chi connectivity index (χ0) is 10.5. The van der Waals surface area contributed by atoms with E-state index in [4.69, 9.17) is 5.21 Å². The molecule has 15 heavy (non-hydrogen) atoms. The van der Waals surface area contributed by atoms with E-state index in [9.17, 15) is 0 Å². The van der Waals surface area contributed by atoms with Crippen LogP contribution in [0.2, 0.25) is 0 Å². The highest BCUT2D eigenvalue weighted by Crippen LogP contribution is 2.08. The zero-order valence-electron chi connectivity index (χ0n) is 7.91. The summed E-state index contributed by atoms with van der Waals surface area (Å²) in [4.78, 5) is 0. The quantitative estimate of drug-likeness (QED) is 0.455. The van der Waals surface area contributed by atoms with Crippen LogP contribution < -0.4 is 0 Å². The Morgan fingerprint density at radius 2 is 1.80 bits per heavy atom. The molecule has 0 fully saturated rings. The smallest absolute Gasteiger partial charge is 0.118 e. The lowest BCUT2D eigenvalue weighted by Crippen LogP contribution is -2.03. The fourth-order valence-electron chi connectivity index (χ4n) is 1.31. The third kappa shape index (κ3) is 1.99. The Bertz CT molecular complexity index is 412. The van der Waals surface area contributed by atoms with Gasteiger partial charge in [0.15, 0.2) is 0 Å². The van der Waals surface area contributed by atoms with Gasteiger partial charge in [-0.1, -0.05) is 35.5 Å². The highest BCUT2D eigenvalue weighted by molar-refractivity contribution is 6.12. The fourth-order valence-corrected chi connectivity index (χ4v) is 1.31. The van der Waals surface area contributed by atoms with Crippen LogP contribution in [0.4, 0.5) is 0 Å². The Morgan fingerprint density at radius 1 is 1.00 bits per heavy atom. The number of hydrogen-bond acceptors (Lipinski definition) is 4. The van der Waals surface area contributed by atoms with Crippen LogP contribution in [0.5, 0.6) is 0 Å². The summed E-state index contributed by atoms with van der Waals surface area (Å²) in [5.74, 6) is 0. The van der Waals surface area contributed by atoms with Gasteiger partial charge in [-0.25, -0.2) is 0 Å². The predicted molar refractivity (Wildman–Crippen MR) is 55.9 cm³/mol. The van der Waals surface area contributed by atoms with Gasteiger partial charge in [0.25, 0.3) is 0 Å². The molecule has 0 amide bonds. The van der Waals surface area contributed by atoms with E-state index in [1.807, 2.05) is 30.3 Å². The van der Waals surface area contributed by atoms with E-state index in [0.29, 0.717) is 5.71 Å². The second kappa shape index (κ2) is 4.32. The third-order valence-corrected chi connectivity index (χ3v) is 2.00. The molecule has 2 rings (SSSR count). The topological polar surface area (TPSA) is 58.4 Å². The molecule has 1 N–H and O–H groups in total. The van der Waals surface area contributed by atoms with Crippen LogP contribution in [0.1, 0.15) is 11.1 Å². The van der Waals surface area contributed by atoms with Crippen molar-refractivity contribution in [2.24, 2.45) is 5.16 Å². The molecule has 1 aromatic carbocycles. The van der Waals surface area contributed by atoms with Gasteiger partial charge in [0, 0.05) is 11.1 Å². The highest BCUT2D eigenvalue weighted by atomic mass is 16.4. The molecule has 0 aliphatic heterocycles. The van der Waals surface area contributed by atoms with E-state index in [0.717, 1.165) is 11.1 Å². The predicted octanol–water partition coefficient (Wildman–Crippen LogP) is 1.70. The first-order chi connectivity index (χ1) is 7.42. The Morgan fingerprint density at radius 3 is 2.40 bits per heavy atom. The molecule has 0 saturated carbocycles. The van der Waals surface area contributed by atoms with Crippen LogP contribution in [-0.2, 0) is 0 Å². The molecule has 0 spiro atoms. The van der Waals surface area contributed by atoms with Crippen LogP contribution in [0.15, 0.2) is 53.9 Å². The molecule has 0 aliphatic rings. The number of rotatable bonds is 2. The standard InChI is InChI=1S/C11H9N3O/c15-14-11(9-4-2-1-3-5-9)10-6-7-12-13-8-10/h1-8,15H. The molecule has 1 heterocycles. The van der Waals surface area contributed by atoms with Crippen molar-refractivity contribution in [1.29, 1.82) is 0 Å². The van der Waals surface area contributed by atoms with Gasteiger partial charge in [0.2, 0.25) is 0 Å². The monoisotopic (exact) mass is 199 g/mol. The summed E-state index contributed by atoms with van der Waals surface area (Å²) in [6.45, 7) is 0. The van der Waals surface area contributed by atoms with Crippen molar-refractivity contribution in [2.75, 3.05) is 0 Å². The summed E-state index contributed by atoms with van der Waals surface area (Å²) < 4.78 is 0. The zero-order valence-corrected chi connectivity index (χ0v) is 7.91. The van der Waals surface area contributed by atoms with E-state index in [-0.39, 0.29) is 0 Å². The molecule has 0 atom stereocenters. The van der Waals surface area contributed by atoms with Crippen LogP contribution in [-0.4, -0.2) is 21.1 Å². The maximum absolute atomic E-state index is 8.97. The number of oxime groups is 1. The lowest BCUT2D eigenvalue weighted by atomic mass is 10.1. The molecule has 0 unspecified atom stereocenters. The van der Waals surface area contributed by atoms with Crippen molar-refractivity contribution in [1.82, 2.24) is 10.2 Å². The van der Waals surface area contributed by atoms with Crippen LogP contribution in [0.25, 0.3) is 0 Å². The Labute approximate surface area is 86.9 Å². The van der Waals surface area contributed by atoms with Gasteiger partial charge in [-0.05, 0) is 6.07 Å². The Hall–Kier alpha value is -2.23. The number of hydrogen-bond donors (Lipinski definition) is 1. The first-order valence-corrected chi connectivity index (χ1v) is 4.46. The maximum atomic E-state index is 8.97. The molecule has 4 nitrogen and oxygen atoms in total. The minimum absolute atomic E-state index is 0.491. The van der Waals surface area contributed by atoms with E-state index in [2.05, 4.69) is 15.4 Å². The van der Waals surface area contributed by atoms with Crippen molar-refractivity contribution < 1.29 is 5.21 Å². The third-order valence-electron chi connectivity index (χ3n) is 2.00. The summed E-state index contributed by atoms with van der Waals surface area (Å²) >= 11 is 0. The lowest BCUT2D eigenvalue weighted by molar-refractivity contribution is 0.319. The summed E-state index contributed by atoms with van der Waals surface area (Å²) in [6.07, 6.45) is 3.12. The second-order valence-electron chi connectivity index (χ2n) is 2.95. The summed E-state index contributed by atoms with van der Waals surface area (Å²) in [7, 11) is 0. The van der Waals surface area contributed by atoms with Crippen molar-refractivity contribution in [3.63, 3.8) is 0 Å². The van der Waals surface area contributed by atoms with Gasteiger partial charge in [-0.15, -0.1) is 0 Å². The molecule has 4 heteroatoms. The van der Waals surface area contributed by atoms with Crippen molar-refractivity contribution >= 4 is 5.71 Å². The van der Waals surface area contributed by atoms with E-state index in [1.54, 1.807) is 18.5 Å². The molecule has 0 radical (unpaired) electrons. The second-order valence-corrected chi connectivity index (χ2v) is 2.95. The average Bonchev–Trinajstić information content (AvgIpc) is 2.33. The number of nitrogens with zero attached hydrogens (tertiary/aromatic N) is 3. The minimum atomic E-state index is 0.491. The van der Waals surface area contributed by atoms with Gasteiger partial charge >= 0.3 is 0 Å².